The number of esters is 1. The minimum atomic E-state index is -1.86. The maximum absolute atomic E-state index is 12.0. The molecule has 2 rings (SSSR count). The maximum Gasteiger partial charge on any atom is 0.333 e. The van der Waals surface area contributed by atoms with E-state index in [1.807, 2.05) is 6.92 Å². The average molecular weight is 450 g/mol. The molecule has 10 nitrogen and oxygen atoms in total. The Balaban J connectivity index is 1.89. The Bertz CT molecular complexity index is 655. The monoisotopic (exact) mass is 450 g/mol. The van der Waals surface area contributed by atoms with Crippen molar-refractivity contribution in [1.82, 2.24) is 5.32 Å². The van der Waals surface area contributed by atoms with Gasteiger partial charge in [0, 0.05) is 32.9 Å². The molecule has 0 aromatic carbocycles. The molecule has 0 aromatic rings. The molecule has 0 radical (unpaired) electrons. The van der Waals surface area contributed by atoms with E-state index in [-0.39, 0.29) is 57.1 Å². The van der Waals surface area contributed by atoms with Crippen LogP contribution in [0.5, 0.6) is 0 Å². The molecule has 2 saturated heterocycles. The molecule has 0 bridgehead atoms. The Morgan fingerprint density at radius 3 is 2.63 bits per heavy atom. The van der Waals surface area contributed by atoms with Gasteiger partial charge in [0.05, 0.1) is 34.6 Å². The molecular weight excluding hydrogens is 415 g/mol. The van der Waals surface area contributed by atoms with E-state index < -0.39 is 39.9 Å². The first-order chi connectivity index (χ1) is 15.4. The molecule has 1 unspecified atom stereocenters. The summed E-state index contributed by atoms with van der Waals surface area (Å²) in [4.78, 5) is 26.6. The van der Waals surface area contributed by atoms with Gasteiger partial charge in [0.15, 0.2) is 0 Å². The third-order valence-electron chi connectivity index (χ3n) is 4.51. The predicted molar refractivity (Wildman–Crippen MR) is 107 cm³/mol. The Labute approximate surface area is 181 Å². The zero-order chi connectivity index (χ0) is 23.5. The lowest BCUT2D eigenvalue weighted by atomic mass is 10.1. The number of nitrogens with zero attached hydrogens (tertiary/aromatic N) is 1. The Kier molecular flexibility index (Phi) is 10.1. The first kappa shape index (κ1) is 21.9. The number of ether oxygens (including phenoxy) is 3. The van der Waals surface area contributed by atoms with E-state index in [1.54, 1.807) is 0 Å². The topological polar surface area (TPSA) is 106 Å². The molecule has 7 atom stereocenters. The summed E-state index contributed by atoms with van der Waals surface area (Å²) in [6, 6.07) is 0. The predicted octanol–water partition coefficient (Wildman–Crippen LogP) is 1.98. The van der Waals surface area contributed by atoms with Crippen molar-refractivity contribution < 1.29 is 40.1 Å². The molecular formula is C19H31N2O8P. The van der Waals surface area contributed by atoms with Gasteiger partial charge < -0.3 is 37.9 Å². The van der Waals surface area contributed by atoms with Crippen molar-refractivity contribution in [2.45, 2.75) is 63.4 Å². The van der Waals surface area contributed by atoms with Crippen LogP contribution >= 0.6 is 8.60 Å². The largest absolute Gasteiger partial charge is 0.459 e. The molecule has 2 aliphatic rings. The average Bonchev–Trinajstić information content (AvgIpc) is 3.30. The summed E-state index contributed by atoms with van der Waals surface area (Å²) in [6.07, 6.45) is -0.808. The molecule has 2 aliphatic heterocycles. The van der Waals surface area contributed by atoms with Crippen LogP contribution in [-0.2, 0) is 37.4 Å². The SMILES string of the molecule is [3H][C@@H]1C[C@H](OP(OCC[N+]#[C-])OC[C@H]2O[C@@H]([3H])C[C@@H]2OC(=O)CCC(=O)NC)[C@@H](CC)O1. The van der Waals surface area contributed by atoms with Crippen molar-refractivity contribution in [3.8, 4) is 0 Å². The number of hydrogen-bond donors (Lipinski definition) is 1. The highest BCUT2D eigenvalue weighted by molar-refractivity contribution is 7.41. The van der Waals surface area contributed by atoms with Gasteiger partial charge in [-0.3, -0.25) is 9.59 Å². The highest BCUT2D eigenvalue weighted by Gasteiger charge is 2.35. The van der Waals surface area contributed by atoms with Crippen molar-refractivity contribution >= 4 is 20.5 Å². The lowest BCUT2D eigenvalue weighted by Gasteiger charge is -2.25. The lowest BCUT2D eigenvalue weighted by Crippen LogP contribution is -2.31. The second-order valence-corrected chi connectivity index (χ2v) is 7.82. The summed E-state index contributed by atoms with van der Waals surface area (Å²) in [5, 5.41) is 2.44. The number of carbonyl (C=O) groups is 2. The number of hydrogen-bond acceptors (Lipinski definition) is 8. The second-order valence-electron chi connectivity index (χ2n) is 6.64. The minimum Gasteiger partial charge on any atom is -0.459 e. The molecule has 30 heavy (non-hydrogen) atoms. The fourth-order valence-electron chi connectivity index (χ4n) is 2.84. The Morgan fingerprint density at radius 2 is 1.93 bits per heavy atom. The van der Waals surface area contributed by atoms with Crippen molar-refractivity contribution in [1.29, 1.82) is 0 Å². The van der Waals surface area contributed by atoms with Gasteiger partial charge in [-0.1, -0.05) is 6.92 Å². The first-order valence-electron chi connectivity index (χ1n) is 11.1. The van der Waals surface area contributed by atoms with Gasteiger partial charge in [0.1, 0.15) is 18.8 Å². The summed E-state index contributed by atoms with van der Waals surface area (Å²) >= 11 is 0. The van der Waals surface area contributed by atoms with Crippen LogP contribution in [0.3, 0.4) is 0 Å². The summed E-state index contributed by atoms with van der Waals surface area (Å²) in [5.41, 5.74) is 0. The molecule has 0 spiro atoms. The molecule has 1 N–H and O–H groups in total. The molecule has 11 heteroatoms. The van der Waals surface area contributed by atoms with E-state index in [1.165, 1.54) is 7.05 Å². The van der Waals surface area contributed by atoms with E-state index >= 15 is 0 Å². The Hall–Kier alpha value is -1.34. The number of amides is 1. The second kappa shape index (κ2) is 13.9. The van der Waals surface area contributed by atoms with Gasteiger partial charge in [-0.05, 0) is 6.42 Å². The summed E-state index contributed by atoms with van der Waals surface area (Å²) in [6.45, 7) is 7.51. The quantitative estimate of drug-likeness (QED) is 0.197. The molecule has 0 aromatic heterocycles. The number of rotatable bonds is 13. The summed E-state index contributed by atoms with van der Waals surface area (Å²) in [7, 11) is -0.376. The number of carbonyl (C=O) groups excluding carboxylic acids is 2. The molecule has 170 valence electrons. The molecule has 2 heterocycles. The third-order valence-corrected chi connectivity index (χ3v) is 5.71. The fourth-order valence-corrected chi connectivity index (χ4v) is 3.98. The normalized spacial score (nSPS) is 32.7. The lowest BCUT2D eigenvalue weighted by molar-refractivity contribution is -0.153. The van der Waals surface area contributed by atoms with Gasteiger partial charge in [-0.2, -0.15) is 0 Å². The van der Waals surface area contributed by atoms with Gasteiger partial charge in [0.25, 0.3) is 0 Å². The molecule has 2 fully saturated rings. The van der Waals surface area contributed by atoms with Crippen LogP contribution in [0, 0.1) is 6.57 Å². The number of nitrogens with one attached hydrogen (secondary N) is 1. The first-order valence-corrected chi connectivity index (χ1v) is 11.1. The van der Waals surface area contributed by atoms with Crippen molar-refractivity contribution in [3.63, 3.8) is 0 Å². The molecule has 1 amide bonds. The molecule has 0 aliphatic carbocycles. The third kappa shape index (κ3) is 8.42. The fraction of sp³-hybridized carbons (Fsp3) is 0.842. The van der Waals surface area contributed by atoms with Crippen LogP contribution in [0.25, 0.3) is 4.85 Å². The van der Waals surface area contributed by atoms with E-state index in [0.29, 0.717) is 12.8 Å². The van der Waals surface area contributed by atoms with Gasteiger partial charge in [0.2, 0.25) is 12.5 Å². The van der Waals surface area contributed by atoms with Crippen molar-refractivity contribution in [2.24, 2.45) is 0 Å². The van der Waals surface area contributed by atoms with E-state index in [4.69, 9.17) is 37.1 Å². The summed E-state index contributed by atoms with van der Waals surface area (Å²) in [5.74, 6) is -0.818. The highest BCUT2D eigenvalue weighted by Crippen LogP contribution is 2.44. The Morgan fingerprint density at radius 1 is 1.20 bits per heavy atom. The van der Waals surface area contributed by atoms with Crippen LogP contribution < -0.4 is 5.32 Å². The summed E-state index contributed by atoms with van der Waals surface area (Å²) < 4.78 is 49.4. The van der Waals surface area contributed by atoms with E-state index in [0.717, 1.165) is 0 Å². The standard InChI is InChI=1S/C19H31N2O8P/c1-4-14-16(8-11-24-14)29-30(26-12-9-20-2)27-13-17-15(7-10-25-17)28-19(23)6-5-18(22)21-3/h14-17H,4-13H2,1,3H3,(H,21,22)/t14-,15+,16+,17-,30?/m1/s1/i10T,11T/t10-,11+,14+,15-,16-,17+,30?/m0. The van der Waals surface area contributed by atoms with E-state index in [2.05, 4.69) is 10.2 Å². The smallest absolute Gasteiger partial charge is 0.333 e. The van der Waals surface area contributed by atoms with Crippen LogP contribution in [0.4, 0.5) is 0 Å². The van der Waals surface area contributed by atoms with Gasteiger partial charge in [-0.25, -0.2) is 6.57 Å². The zero-order valence-corrected chi connectivity index (χ0v) is 18.2. The van der Waals surface area contributed by atoms with Crippen LogP contribution in [0.1, 0.15) is 41.8 Å². The van der Waals surface area contributed by atoms with Crippen LogP contribution in [0.15, 0.2) is 0 Å². The molecule has 0 saturated carbocycles. The zero-order valence-electron chi connectivity index (χ0n) is 19.3. The van der Waals surface area contributed by atoms with Crippen LogP contribution in [-0.4, -0.2) is 76.3 Å². The van der Waals surface area contributed by atoms with Crippen molar-refractivity contribution in [2.75, 3.05) is 40.0 Å². The van der Waals surface area contributed by atoms with Crippen molar-refractivity contribution in [3.05, 3.63) is 11.4 Å². The maximum atomic E-state index is 12.0. The van der Waals surface area contributed by atoms with Gasteiger partial charge in [-0.15, -0.1) is 0 Å². The minimum absolute atomic E-state index is 0.0153. The van der Waals surface area contributed by atoms with Crippen LogP contribution in [0.2, 0.25) is 0 Å². The van der Waals surface area contributed by atoms with Gasteiger partial charge >= 0.3 is 14.6 Å². The highest BCUT2D eigenvalue weighted by atomic mass is 31.2. The van der Waals surface area contributed by atoms with E-state index in [9.17, 15) is 9.59 Å².